The minimum atomic E-state index is -0.155. The Balaban J connectivity index is 1.84. The van der Waals surface area contributed by atoms with Gasteiger partial charge in [-0.15, -0.1) is 0 Å². The van der Waals surface area contributed by atoms with Crippen LogP contribution >= 0.6 is 12.2 Å². The Hall–Kier alpha value is -0.940. The second-order valence-electron chi connectivity index (χ2n) is 4.08. The van der Waals surface area contributed by atoms with E-state index in [0.717, 1.165) is 0 Å². The van der Waals surface area contributed by atoms with Crippen LogP contribution < -0.4 is 5.56 Å². The lowest BCUT2D eigenvalue weighted by Gasteiger charge is -2.12. The highest BCUT2D eigenvalue weighted by Gasteiger charge is 2.14. The second-order valence-corrected chi connectivity index (χ2v) is 4.47. The molecule has 88 valence electrons. The molecule has 0 aliphatic heterocycles. The molecule has 1 aromatic heterocycles. The maximum atomic E-state index is 11.0. The Morgan fingerprint density at radius 1 is 1.50 bits per heavy atom. The van der Waals surface area contributed by atoms with Crippen LogP contribution in [0.2, 0.25) is 0 Å². The Labute approximate surface area is 99.3 Å². The summed E-state index contributed by atoms with van der Waals surface area (Å²) in [5.74, 6) is 0. The van der Waals surface area contributed by atoms with Crippen LogP contribution in [0.15, 0.2) is 17.1 Å². The van der Waals surface area contributed by atoms with E-state index < -0.39 is 0 Å². The van der Waals surface area contributed by atoms with E-state index >= 15 is 0 Å². The normalized spacial score (nSPS) is 16.8. The Morgan fingerprint density at radius 3 is 2.94 bits per heavy atom. The van der Waals surface area contributed by atoms with Gasteiger partial charge in [0.25, 0.3) is 5.56 Å². The lowest BCUT2D eigenvalue weighted by Crippen LogP contribution is -2.16. The van der Waals surface area contributed by atoms with E-state index in [9.17, 15) is 4.79 Å². The van der Waals surface area contributed by atoms with Crippen LogP contribution in [0.4, 0.5) is 0 Å². The van der Waals surface area contributed by atoms with Crippen LogP contribution in [0, 0.1) is 4.77 Å². The summed E-state index contributed by atoms with van der Waals surface area (Å²) in [6.07, 6.45) is 7.05. The van der Waals surface area contributed by atoms with Crippen molar-refractivity contribution in [2.75, 3.05) is 6.61 Å². The van der Waals surface area contributed by atoms with Crippen molar-refractivity contribution in [1.82, 2.24) is 9.55 Å². The molecule has 0 bridgehead atoms. The van der Waals surface area contributed by atoms with Crippen molar-refractivity contribution in [1.29, 1.82) is 0 Å². The maximum Gasteiger partial charge on any atom is 0.251 e. The van der Waals surface area contributed by atoms with Crippen molar-refractivity contribution in [3.8, 4) is 0 Å². The average molecular weight is 240 g/mol. The van der Waals surface area contributed by atoms with E-state index in [-0.39, 0.29) is 5.56 Å². The monoisotopic (exact) mass is 240 g/mol. The van der Waals surface area contributed by atoms with Crippen LogP contribution in [0.1, 0.15) is 25.7 Å². The first-order valence-electron chi connectivity index (χ1n) is 5.67. The standard InChI is InChI=1S/C11H16N2O2S/c14-10-5-6-13(11(16)12-10)7-8-15-9-3-1-2-4-9/h5-6,9H,1-4,7-8H2,(H,12,14,16). The van der Waals surface area contributed by atoms with E-state index in [2.05, 4.69) is 4.98 Å². The number of nitrogens with zero attached hydrogens (tertiary/aromatic N) is 1. The van der Waals surface area contributed by atoms with Crippen molar-refractivity contribution in [3.05, 3.63) is 27.4 Å². The smallest absolute Gasteiger partial charge is 0.251 e. The molecule has 0 aromatic carbocycles. The third-order valence-electron chi connectivity index (χ3n) is 2.88. The molecular formula is C11H16N2O2S. The molecule has 1 aliphatic rings. The molecule has 1 aromatic rings. The molecule has 2 rings (SSSR count). The number of rotatable bonds is 4. The van der Waals surface area contributed by atoms with Crippen molar-refractivity contribution in [2.45, 2.75) is 38.3 Å². The largest absolute Gasteiger partial charge is 0.376 e. The van der Waals surface area contributed by atoms with Gasteiger partial charge in [-0.2, -0.15) is 0 Å². The van der Waals surface area contributed by atoms with Gasteiger partial charge in [0.15, 0.2) is 4.77 Å². The lowest BCUT2D eigenvalue weighted by molar-refractivity contribution is 0.0526. The summed E-state index contributed by atoms with van der Waals surface area (Å²) in [6.45, 7) is 1.36. The highest BCUT2D eigenvalue weighted by molar-refractivity contribution is 7.71. The number of nitrogens with one attached hydrogen (secondary N) is 1. The van der Waals surface area contributed by atoms with Crippen molar-refractivity contribution in [3.63, 3.8) is 0 Å². The third kappa shape index (κ3) is 3.02. The predicted octanol–water partition coefficient (Wildman–Crippen LogP) is 1.87. The quantitative estimate of drug-likeness (QED) is 0.817. The van der Waals surface area contributed by atoms with Gasteiger partial charge in [0.2, 0.25) is 0 Å². The molecule has 0 radical (unpaired) electrons. The predicted molar refractivity (Wildman–Crippen MR) is 64.1 cm³/mol. The van der Waals surface area contributed by atoms with E-state index in [4.69, 9.17) is 17.0 Å². The van der Waals surface area contributed by atoms with Crippen LogP contribution in [-0.4, -0.2) is 22.3 Å². The number of hydrogen-bond acceptors (Lipinski definition) is 3. The minimum Gasteiger partial charge on any atom is -0.376 e. The molecule has 1 saturated carbocycles. The van der Waals surface area contributed by atoms with Crippen LogP contribution in [0.3, 0.4) is 0 Å². The molecule has 1 N–H and O–H groups in total. The van der Waals surface area contributed by atoms with Crippen LogP contribution in [0.5, 0.6) is 0 Å². The van der Waals surface area contributed by atoms with Gasteiger partial charge in [-0.25, -0.2) is 0 Å². The van der Waals surface area contributed by atoms with Gasteiger partial charge in [0.05, 0.1) is 12.7 Å². The molecule has 0 saturated heterocycles. The first kappa shape index (κ1) is 11.5. The van der Waals surface area contributed by atoms with E-state index in [1.165, 1.54) is 31.7 Å². The molecule has 0 unspecified atom stereocenters. The maximum absolute atomic E-state index is 11.0. The first-order chi connectivity index (χ1) is 7.75. The van der Waals surface area contributed by atoms with Gasteiger partial charge in [-0.05, 0) is 25.1 Å². The zero-order chi connectivity index (χ0) is 11.4. The fourth-order valence-electron chi connectivity index (χ4n) is 1.99. The minimum absolute atomic E-state index is 0.155. The van der Waals surface area contributed by atoms with Crippen molar-refractivity contribution in [2.24, 2.45) is 0 Å². The summed E-state index contributed by atoms with van der Waals surface area (Å²) in [6, 6.07) is 1.48. The fourth-order valence-corrected chi connectivity index (χ4v) is 2.25. The van der Waals surface area contributed by atoms with Crippen LogP contribution in [0.25, 0.3) is 0 Å². The van der Waals surface area contributed by atoms with E-state index in [1.54, 1.807) is 6.20 Å². The van der Waals surface area contributed by atoms with Crippen molar-refractivity contribution >= 4 is 12.2 Å². The Bertz CT molecular complexity index is 446. The second kappa shape index (κ2) is 5.41. The summed E-state index contributed by atoms with van der Waals surface area (Å²) in [7, 11) is 0. The summed E-state index contributed by atoms with van der Waals surface area (Å²) in [4.78, 5) is 13.5. The van der Waals surface area contributed by atoms with Gasteiger partial charge in [0, 0.05) is 18.8 Å². The SMILES string of the molecule is O=c1ccn(CCOC2CCCC2)c(=S)[nH]1. The molecule has 4 nitrogen and oxygen atoms in total. The molecule has 1 aliphatic carbocycles. The summed E-state index contributed by atoms with van der Waals surface area (Å²) < 4.78 is 8.02. The summed E-state index contributed by atoms with van der Waals surface area (Å²) >= 11 is 5.04. The highest BCUT2D eigenvalue weighted by atomic mass is 32.1. The number of ether oxygens (including phenoxy) is 1. The number of aromatic nitrogens is 2. The molecule has 5 heteroatoms. The number of H-pyrrole nitrogens is 1. The van der Waals surface area contributed by atoms with Crippen molar-refractivity contribution < 1.29 is 4.74 Å². The Morgan fingerprint density at radius 2 is 2.25 bits per heavy atom. The molecule has 1 heterocycles. The number of hydrogen-bond donors (Lipinski definition) is 1. The zero-order valence-electron chi connectivity index (χ0n) is 9.15. The first-order valence-corrected chi connectivity index (χ1v) is 6.08. The van der Waals surface area contributed by atoms with E-state index in [1.807, 2.05) is 4.57 Å². The molecule has 1 fully saturated rings. The van der Waals surface area contributed by atoms with Crippen LogP contribution in [-0.2, 0) is 11.3 Å². The van der Waals surface area contributed by atoms with Gasteiger partial charge in [-0.3, -0.25) is 9.78 Å². The number of aromatic amines is 1. The summed E-state index contributed by atoms with van der Waals surface area (Å²) in [5, 5.41) is 0. The molecule has 0 atom stereocenters. The molecule has 16 heavy (non-hydrogen) atoms. The average Bonchev–Trinajstić information content (AvgIpc) is 2.74. The molecule has 0 spiro atoms. The molecule has 0 amide bonds. The van der Waals surface area contributed by atoms with Gasteiger partial charge >= 0.3 is 0 Å². The Kier molecular flexibility index (Phi) is 3.90. The lowest BCUT2D eigenvalue weighted by atomic mass is 10.3. The van der Waals surface area contributed by atoms with E-state index in [0.29, 0.717) is 24.0 Å². The topological polar surface area (TPSA) is 47.0 Å². The fraction of sp³-hybridized carbons (Fsp3) is 0.636. The van der Waals surface area contributed by atoms with Gasteiger partial charge in [-0.1, -0.05) is 12.8 Å². The van der Waals surface area contributed by atoms with Gasteiger partial charge < -0.3 is 9.30 Å². The zero-order valence-corrected chi connectivity index (χ0v) is 9.96. The highest BCUT2D eigenvalue weighted by Crippen LogP contribution is 2.20. The van der Waals surface area contributed by atoms with Gasteiger partial charge in [0.1, 0.15) is 0 Å². The third-order valence-corrected chi connectivity index (χ3v) is 3.22. The molecular weight excluding hydrogens is 224 g/mol. The summed E-state index contributed by atoms with van der Waals surface area (Å²) in [5.41, 5.74) is -0.155.